The highest BCUT2D eigenvalue weighted by Gasteiger charge is 2.33. The number of alkyl halides is 4. The van der Waals surface area contributed by atoms with Crippen molar-refractivity contribution < 1.29 is 27.1 Å². The number of nitrogens with zero attached hydrogens (tertiary/aromatic N) is 4. The summed E-state index contributed by atoms with van der Waals surface area (Å²) in [6.07, 6.45) is -1.62. The van der Waals surface area contributed by atoms with Gasteiger partial charge in [0.2, 0.25) is 0 Å². The van der Waals surface area contributed by atoms with Crippen LogP contribution >= 0.6 is 0 Å². The molecule has 0 radical (unpaired) electrons. The maximum absolute atomic E-state index is 13.9. The Balaban J connectivity index is 1.65. The van der Waals surface area contributed by atoms with Crippen LogP contribution in [0.2, 0.25) is 0 Å². The number of likely N-dealkylation sites (tertiary alicyclic amines) is 1. The van der Waals surface area contributed by atoms with E-state index in [1.54, 1.807) is 47.3 Å². The summed E-state index contributed by atoms with van der Waals surface area (Å²) >= 11 is 0. The number of carbonyl (C=O) groups is 1. The number of amides is 1. The maximum Gasteiger partial charge on any atom is 0.416 e. The van der Waals surface area contributed by atoms with E-state index in [-0.39, 0.29) is 29.1 Å². The van der Waals surface area contributed by atoms with Gasteiger partial charge >= 0.3 is 6.18 Å². The summed E-state index contributed by atoms with van der Waals surface area (Å²) in [6, 6.07) is 6.82. The SMILES string of the molecule is CNN(/C=C(\N)c1cnn(C)c1C)c1cc(C(=O)Nc2cc(C(F)(F)F)cc(CN3CCC(F)CC3)c2OC)ccc1C. The predicted molar refractivity (Wildman–Crippen MR) is 158 cm³/mol. The first-order chi connectivity index (χ1) is 20.3. The summed E-state index contributed by atoms with van der Waals surface area (Å²) in [6.45, 7) is 4.70. The molecule has 13 heteroatoms. The van der Waals surface area contributed by atoms with Crippen LogP contribution in [0.5, 0.6) is 5.75 Å². The number of halogens is 4. The van der Waals surface area contributed by atoms with Gasteiger partial charge < -0.3 is 15.8 Å². The fraction of sp³-hybridized carbons (Fsp3) is 0.400. The fourth-order valence-electron chi connectivity index (χ4n) is 5.05. The van der Waals surface area contributed by atoms with Crippen molar-refractivity contribution in [2.75, 3.05) is 37.6 Å². The highest BCUT2D eigenvalue weighted by Crippen LogP contribution is 2.39. The molecular weight excluding hydrogens is 566 g/mol. The number of hydrazine groups is 1. The third kappa shape index (κ3) is 7.28. The second kappa shape index (κ2) is 13.0. The summed E-state index contributed by atoms with van der Waals surface area (Å²) in [5.74, 6) is -0.505. The monoisotopic (exact) mass is 603 g/mol. The Morgan fingerprint density at radius 2 is 1.91 bits per heavy atom. The Morgan fingerprint density at radius 3 is 2.49 bits per heavy atom. The molecule has 1 aliphatic heterocycles. The van der Waals surface area contributed by atoms with Gasteiger partial charge in [-0.1, -0.05) is 6.07 Å². The summed E-state index contributed by atoms with van der Waals surface area (Å²) in [4.78, 5) is 15.3. The van der Waals surface area contributed by atoms with E-state index in [0.29, 0.717) is 37.3 Å². The summed E-state index contributed by atoms with van der Waals surface area (Å²) in [5.41, 5.74) is 12.3. The normalized spacial score (nSPS) is 15.0. The minimum absolute atomic E-state index is 0.110. The summed E-state index contributed by atoms with van der Waals surface area (Å²) < 4.78 is 62.6. The van der Waals surface area contributed by atoms with E-state index in [4.69, 9.17) is 10.5 Å². The van der Waals surface area contributed by atoms with Crippen LogP contribution in [0.1, 0.15) is 51.1 Å². The first-order valence-electron chi connectivity index (χ1n) is 13.8. The molecule has 1 fully saturated rings. The van der Waals surface area contributed by atoms with Crippen LogP contribution in [-0.2, 0) is 19.8 Å². The number of nitrogens with two attached hydrogens (primary N) is 1. The van der Waals surface area contributed by atoms with Crippen LogP contribution in [0, 0.1) is 13.8 Å². The number of methoxy groups -OCH3 is 1. The molecule has 0 atom stereocenters. The Morgan fingerprint density at radius 1 is 1.21 bits per heavy atom. The number of ether oxygens (including phenoxy) is 1. The molecule has 0 saturated carbocycles. The third-order valence-corrected chi connectivity index (χ3v) is 7.64. The zero-order chi connectivity index (χ0) is 31.5. The Labute approximate surface area is 248 Å². The molecule has 43 heavy (non-hydrogen) atoms. The van der Waals surface area contributed by atoms with E-state index in [1.165, 1.54) is 7.11 Å². The molecule has 1 aromatic heterocycles. The lowest BCUT2D eigenvalue weighted by atomic mass is 10.0. The third-order valence-electron chi connectivity index (χ3n) is 7.64. The van der Waals surface area contributed by atoms with Gasteiger partial charge in [-0.15, -0.1) is 0 Å². The molecule has 2 aromatic carbocycles. The van der Waals surface area contributed by atoms with Crippen molar-refractivity contribution >= 4 is 23.0 Å². The molecule has 3 aromatic rings. The van der Waals surface area contributed by atoms with Gasteiger partial charge in [0.1, 0.15) is 11.9 Å². The van der Waals surface area contributed by atoms with Crippen LogP contribution in [0.3, 0.4) is 0 Å². The van der Waals surface area contributed by atoms with Crippen LogP contribution in [0.25, 0.3) is 5.70 Å². The number of aromatic nitrogens is 2. The lowest BCUT2D eigenvalue weighted by Gasteiger charge is -2.29. The highest BCUT2D eigenvalue weighted by molar-refractivity contribution is 6.06. The Kier molecular flexibility index (Phi) is 9.65. The van der Waals surface area contributed by atoms with Gasteiger partial charge in [-0.2, -0.15) is 18.3 Å². The largest absolute Gasteiger partial charge is 0.494 e. The van der Waals surface area contributed by atoms with Gasteiger partial charge in [0.25, 0.3) is 5.91 Å². The van der Waals surface area contributed by atoms with Crippen molar-refractivity contribution in [2.24, 2.45) is 12.8 Å². The molecule has 0 aliphatic carbocycles. The quantitative estimate of drug-likeness (QED) is 0.230. The number of nitrogens with one attached hydrogen (secondary N) is 2. The van der Waals surface area contributed by atoms with Gasteiger partial charge in [0.05, 0.1) is 35.9 Å². The maximum atomic E-state index is 13.9. The Bertz CT molecular complexity index is 1490. The standard InChI is InChI=1S/C30H37F4N7O2/c1-18-6-7-20(13-27(18)41(36-3)17-25(35)24-15-37-39(4)19(24)2)29(42)38-26-14-22(30(32,33)34)12-21(28(26)43-5)16-40-10-8-23(31)9-11-40/h6-7,12-15,17,23,36H,8-11,16,35H2,1-5H3,(H,38,42)/b25-17-. The van der Waals surface area contributed by atoms with Gasteiger partial charge in [-0.3, -0.25) is 19.4 Å². The zero-order valence-electron chi connectivity index (χ0n) is 24.8. The van der Waals surface area contributed by atoms with Crippen LogP contribution < -0.4 is 26.2 Å². The lowest BCUT2D eigenvalue weighted by Crippen LogP contribution is -2.34. The van der Waals surface area contributed by atoms with E-state index in [2.05, 4.69) is 15.8 Å². The molecule has 4 N–H and O–H groups in total. The van der Waals surface area contributed by atoms with Crippen LogP contribution in [0.4, 0.5) is 28.9 Å². The number of carbonyl (C=O) groups excluding carboxylic acids is 1. The fourth-order valence-corrected chi connectivity index (χ4v) is 5.05. The zero-order valence-corrected chi connectivity index (χ0v) is 24.8. The second-order valence-corrected chi connectivity index (χ2v) is 10.6. The number of hydrogen-bond donors (Lipinski definition) is 3. The van der Waals surface area contributed by atoms with Crippen molar-refractivity contribution in [1.82, 2.24) is 20.1 Å². The van der Waals surface area contributed by atoms with Crippen molar-refractivity contribution in [1.29, 1.82) is 0 Å². The molecule has 0 unspecified atom stereocenters. The van der Waals surface area contributed by atoms with E-state index in [1.807, 2.05) is 25.8 Å². The first kappa shape index (κ1) is 31.8. The van der Waals surface area contributed by atoms with Crippen molar-refractivity contribution in [3.05, 3.63) is 76.2 Å². The lowest BCUT2D eigenvalue weighted by molar-refractivity contribution is -0.137. The van der Waals surface area contributed by atoms with E-state index in [0.717, 1.165) is 29.0 Å². The summed E-state index contributed by atoms with van der Waals surface area (Å²) in [5, 5.41) is 8.49. The second-order valence-electron chi connectivity index (χ2n) is 10.6. The molecule has 1 amide bonds. The van der Waals surface area contributed by atoms with E-state index >= 15 is 0 Å². The van der Waals surface area contributed by atoms with Gasteiger partial charge in [-0.05, 0) is 56.5 Å². The smallest absolute Gasteiger partial charge is 0.416 e. The number of benzene rings is 2. The summed E-state index contributed by atoms with van der Waals surface area (Å²) in [7, 11) is 4.84. The molecule has 0 spiro atoms. The average Bonchev–Trinajstić information content (AvgIpc) is 3.30. The topological polar surface area (TPSA) is 101 Å². The molecule has 2 heterocycles. The number of hydrogen-bond acceptors (Lipinski definition) is 7. The molecule has 1 aliphatic rings. The molecule has 9 nitrogen and oxygen atoms in total. The van der Waals surface area contributed by atoms with Crippen molar-refractivity contribution in [3.63, 3.8) is 0 Å². The number of piperidine rings is 1. The predicted octanol–water partition coefficient (Wildman–Crippen LogP) is 5.15. The van der Waals surface area contributed by atoms with Gasteiger partial charge in [0.15, 0.2) is 0 Å². The molecule has 232 valence electrons. The highest BCUT2D eigenvalue weighted by atomic mass is 19.4. The first-order valence-corrected chi connectivity index (χ1v) is 13.8. The minimum Gasteiger partial charge on any atom is -0.494 e. The van der Waals surface area contributed by atoms with E-state index < -0.39 is 23.8 Å². The Hall–Kier alpha value is -4.10. The van der Waals surface area contributed by atoms with Crippen LogP contribution in [-0.4, -0.2) is 54.0 Å². The van der Waals surface area contributed by atoms with Crippen LogP contribution in [0.15, 0.2) is 42.7 Å². The van der Waals surface area contributed by atoms with Crippen molar-refractivity contribution in [2.45, 2.75) is 45.6 Å². The van der Waals surface area contributed by atoms with E-state index in [9.17, 15) is 22.4 Å². The molecule has 0 bridgehead atoms. The average molecular weight is 604 g/mol. The minimum atomic E-state index is -4.66. The van der Waals surface area contributed by atoms with Gasteiger partial charge in [-0.25, -0.2) is 9.82 Å². The van der Waals surface area contributed by atoms with Gasteiger partial charge in [0, 0.05) is 62.3 Å². The molecular formula is C30H37F4N7O2. The van der Waals surface area contributed by atoms with Crippen molar-refractivity contribution in [3.8, 4) is 5.75 Å². The number of aryl methyl sites for hydroxylation is 2. The molecule has 4 rings (SSSR count). The molecule has 1 saturated heterocycles. The number of anilines is 2. The number of rotatable bonds is 9.